The van der Waals surface area contributed by atoms with Gasteiger partial charge in [-0.05, 0) is 29.7 Å². The van der Waals surface area contributed by atoms with Gasteiger partial charge in [-0.1, -0.05) is 44.2 Å². The zero-order valence-electron chi connectivity index (χ0n) is 15.6. The Hall–Kier alpha value is -2.84. The summed E-state index contributed by atoms with van der Waals surface area (Å²) < 4.78 is 37.8. The fourth-order valence-corrected chi connectivity index (χ4v) is 3.78. The van der Waals surface area contributed by atoms with Crippen LogP contribution in [-0.4, -0.2) is 27.2 Å². The number of amides is 1. The summed E-state index contributed by atoms with van der Waals surface area (Å²) in [5.41, 5.74) is 1.25. The van der Waals surface area contributed by atoms with Gasteiger partial charge in [0.1, 0.15) is 6.04 Å². The molecule has 0 bridgehead atoms. The first kappa shape index (κ1) is 19.9. The van der Waals surface area contributed by atoms with Crippen molar-refractivity contribution in [3.05, 3.63) is 59.5 Å². The van der Waals surface area contributed by atoms with Gasteiger partial charge in [-0.3, -0.25) is 4.79 Å². The molecule has 1 atom stereocenters. The van der Waals surface area contributed by atoms with E-state index in [1.165, 1.54) is 6.08 Å². The summed E-state index contributed by atoms with van der Waals surface area (Å²) in [7, 11) is -3.81. The molecule has 2 aromatic rings. The molecule has 2 N–H and O–H groups in total. The first-order chi connectivity index (χ1) is 13.3. The lowest BCUT2D eigenvalue weighted by molar-refractivity contribution is -0.118. The standard InChI is InChI=1S/C20H22N2O5S/c1-14(2)19(22-28(24,25)11-10-15-6-4-3-5-7-15)20(23)21-16-8-9-17-18(12-16)27-13-26-17/h3-12,14,19,22H,13H2,1-2H3,(H,21,23). The van der Waals surface area contributed by atoms with Crippen LogP contribution >= 0.6 is 0 Å². The number of hydrogen-bond acceptors (Lipinski definition) is 5. The van der Waals surface area contributed by atoms with Crippen LogP contribution in [0.4, 0.5) is 5.69 Å². The van der Waals surface area contributed by atoms with Crippen molar-refractivity contribution in [1.82, 2.24) is 4.72 Å². The van der Waals surface area contributed by atoms with Gasteiger partial charge in [-0.15, -0.1) is 0 Å². The van der Waals surface area contributed by atoms with Gasteiger partial charge in [0.15, 0.2) is 11.5 Å². The molecule has 1 heterocycles. The van der Waals surface area contributed by atoms with E-state index in [2.05, 4.69) is 10.0 Å². The van der Waals surface area contributed by atoms with Gasteiger partial charge in [0.25, 0.3) is 0 Å². The highest BCUT2D eigenvalue weighted by molar-refractivity contribution is 7.92. The molecule has 7 nitrogen and oxygen atoms in total. The molecular formula is C20H22N2O5S. The minimum atomic E-state index is -3.81. The average molecular weight is 402 g/mol. The van der Waals surface area contributed by atoms with Gasteiger partial charge < -0.3 is 14.8 Å². The lowest BCUT2D eigenvalue weighted by atomic mass is 10.0. The van der Waals surface area contributed by atoms with Crippen LogP contribution in [0.2, 0.25) is 0 Å². The average Bonchev–Trinajstić information content (AvgIpc) is 3.13. The van der Waals surface area contributed by atoms with Crippen molar-refractivity contribution in [2.24, 2.45) is 5.92 Å². The number of benzene rings is 2. The molecule has 148 valence electrons. The van der Waals surface area contributed by atoms with Crippen LogP contribution in [0, 0.1) is 5.92 Å². The second-order valence-electron chi connectivity index (χ2n) is 6.66. The van der Waals surface area contributed by atoms with E-state index in [4.69, 9.17) is 9.47 Å². The third kappa shape index (κ3) is 5.11. The molecule has 0 radical (unpaired) electrons. The molecular weight excluding hydrogens is 380 g/mol. The van der Waals surface area contributed by atoms with Crippen LogP contribution in [0.15, 0.2) is 53.9 Å². The Labute approximate surface area is 164 Å². The van der Waals surface area contributed by atoms with Crippen molar-refractivity contribution in [2.75, 3.05) is 12.1 Å². The highest BCUT2D eigenvalue weighted by Crippen LogP contribution is 2.34. The molecule has 3 rings (SSSR count). The second kappa shape index (κ2) is 8.45. The maximum absolute atomic E-state index is 12.7. The van der Waals surface area contributed by atoms with Crippen LogP contribution in [0.1, 0.15) is 19.4 Å². The molecule has 1 amide bonds. The minimum Gasteiger partial charge on any atom is -0.454 e. The molecule has 0 aliphatic carbocycles. The number of sulfonamides is 1. The third-order valence-electron chi connectivity index (χ3n) is 4.12. The van der Waals surface area contributed by atoms with Gasteiger partial charge >= 0.3 is 0 Å². The highest BCUT2D eigenvalue weighted by atomic mass is 32.2. The zero-order valence-corrected chi connectivity index (χ0v) is 16.4. The fraction of sp³-hybridized carbons (Fsp3) is 0.250. The molecule has 0 spiro atoms. The van der Waals surface area contributed by atoms with Crippen LogP contribution in [0.5, 0.6) is 11.5 Å². The maximum Gasteiger partial charge on any atom is 0.242 e. The first-order valence-corrected chi connectivity index (χ1v) is 10.3. The molecule has 28 heavy (non-hydrogen) atoms. The normalized spacial score (nSPS) is 14.4. The van der Waals surface area contributed by atoms with E-state index in [-0.39, 0.29) is 12.7 Å². The Morgan fingerprint density at radius 3 is 2.50 bits per heavy atom. The van der Waals surface area contributed by atoms with Crippen LogP contribution in [0.3, 0.4) is 0 Å². The van der Waals surface area contributed by atoms with Crippen molar-refractivity contribution in [3.8, 4) is 11.5 Å². The Morgan fingerprint density at radius 1 is 1.07 bits per heavy atom. The number of nitrogens with one attached hydrogen (secondary N) is 2. The monoisotopic (exact) mass is 402 g/mol. The summed E-state index contributed by atoms with van der Waals surface area (Å²) in [6.07, 6.45) is 1.48. The third-order valence-corrected chi connectivity index (χ3v) is 5.20. The summed E-state index contributed by atoms with van der Waals surface area (Å²) in [5.74, 6) is 0.426. The topological polar surface area (TPSA) is 93.7 Å². The van der Waals surface area contributed by atoms with Crippen LogP contribution < -0.4 is 19.5 Å². The number of carbonyl (C=O) groups excluding carboxylic acids is 1. The summed E-state index contributed by atoms with van der Waals surface area (Å²) in [5, 5.41) is 3.78. The van der Waals surface area contributed by atoms with Gasteiger partial charge in [-0.25, -0.2) is 8.42 Å². The SMILES string of the molecule is CC(C)C(NS(=O)(=O)C=Cc1ccccc1)C(=O)Nc1ccc2c(c1)OCO2. The Kier molecular flexibility index (Phi) is 6.01. The van der Waals surface area contributed by atoms with Gasteiger partial charge in [-0.2, -0.15) is 4.72 Å². The lowest BCUT2D eigenvalue weighted by Gasteiger charge is -2.20. The number of ether oxygens (including phenoxy) is 2. The highest BCUT2D eigenvalue weighted by Gasteiger charge is 2.27. The summed E-state index contributed by atoms with van der Waals surface area (Å²) in [6, 6.07) is 13.1. The number of anilines is 1. The van der Waals surface area contributed by atoms with E-state index < -0.39 is 22.0 Å². The fourth-order valence-electron chi connectivity index (χ4n) is 2.64. The van der Waals surface area contributed by atoms with Crippen molar-refractivity contribution in [3.63, 3.8) is 0 Å². The number of fused-ring (bicyclic) bond motifs is 1. The Balaban J connectivity index is 1.70. The lowest BCUT2D eigenvalue weighted by Crippen LogP contribution is -2.46. The predicted octanol–water partition coefficient (Wildman–Crippen LogP) is 2.97. The van der Waals surface area contributed by atoms with Crippen molar-refractivity contribution >= 4 is 27.7 Å². The van der Waals surface area contributed by atoms with E-state index in [9.17, 15) is 13.2 Å². The van der Waals surface area contributed by atoms with Gasteiger partial charge in [0, 0.05) is 17.2 Å². The number of hydrogen-bond donors (Lipinski definition) is 2. The largest absolute Gasteiger partial charge is 0.454 e. The van der Waals surface area contributed by atoms with E-state index in [1.807, 2.05) is 18.2 Å². The van der Waals surface area contributed by atoms with E-state index in [0.717, 1.165) is 11.0 Å². The summed E-state index contributed by atoms with van der Waals surface area (Å²) in [4.78, 5) is 12.7. The first-order valence-electron chi connectivity index (χ1n) is 8.80. The number of carbonyl (C=O) groups is 1. The predicted molar refractivity (Wildman–Crippen MR) is 107 cm³/mol. The Morgan fingerprint density at radius 2 is 1.79 bits per heavy atom. The molecule has 2 aromatic carbocycles. The maximum atomic E-state index is 12.7. The molecule has 1 unspecified atom stereocenters. The smallest absolute Gasteiger partial charge is 0.242 e. The molecule has 0 saturated carbocycles. The van der Waals surface area contributed by atoms with Gasteiger partial charge in [0.05, 0.1) is 0 Å². The second-order valence-corrected chi connectivity index (χ2v) is 8.25. The molecule has 1 aliphatic rings. The molecule has 0 saturated heterocycles. The quantitative estimate of drug-likeness (QED) is 0.743. The van der Waals surface area contributed by atoms with Crippen LogP contribution in [-0.2, 0) is 14.8 Å². The summed E-state index contributed by atoms with van der Waals surface area (Å²) in [6.45, 7) is 3.68. The summed E-state index contributed by atoms with van der Waals surface area (Å²) >= 11 is 0. The van der Waals surface area contributed by atoms with Crippen molar-refractivity contribution < 1.29 is 22.7 Å². The Bertz CT molecular complexity index is 971. The molecule has 0 aromatic heterocycles. The van der Waals surface area contributed by atoms with Crippen molar-refractivity contribution in [2.45, 2.75) is 19.9 Å². The molecule has 1 aliphatic heterocycles. The minimum absolute atomic E-state index is 0.134. The van der Waals surface area contributed by atoms with Crippen molar-refractivity contribution in [1.29, 1.82) is 0 Å². The van der Waals surface area contributed by atoms with Crippen LogP contribution in [0.25, 0.3) is 6.08 Å². The zero-order chi connectivity index (χ0) is 20.1. The van der Waals surface area contributed by atoms with E-state index in [1.54, 1.807) is 44.2 Å². The number of rotatable bonds is 7. The molecule has 0 fully saturated rings. The van der Waals surface area contributed by atoms with E-state index >= 15 is 0 Å². The van der Waals surface area contributed by atoms with E-state index in [0.29, 0.717) is 17.2 Å². The van der Waals surface area contributed by atoms with Gasteiger partial charge in [0.2, 0.25) is 22.7 Å². The molecule has 8 heteroatoms.